The summed E-state index contributed by atoms with van der Waals surface area (Å²) in [4.78, 5) is 11.1. The van der Waals surface area contributed by atoms with Gasteiger partial charge in [0.05, 0.1) is 10.5 Å². The molecule has 1 aromatic rings. The van der Waals surface area contributed by atoms with Crippen molar-refractivity contribution in [1.82, 2.24) is 4.31 Å². The second-order valence-corrected chi connectivity index (χ2v) is 7.46. The van der Waals surface area contributed by atoms with Crippen LogP contribution in [0, 0.1) is 6.92 Å². The van der Waals surface area contributed by atoms with Gasteiger partial charge in [0.1, 0.15) is 0 Å². The van der Waals surface area contributed by atoms with Gasteiger partial charge in [0.2, 0.25) is 10.0 Å². The van der Waals surface area contributed by atoms with Crippen molar-refractivity contribution >= 4 is 27.8 Å². The van der Waals surface area contributed by atoms with E-state index in [9.17, 15) is 13.2 Å². The molecule has 104 valence electrons. The highest BCUT2D eigenvalue weighted by Gasteiger charge is 2.26. The third-order valence-corrected chi connectivity index (χ3v) is 5.87. The van der Waals surface area contributed by atoms with Gasteiger partial charge in [-0.05, 0) is 30.7 Å². The van der Waals surface area contributed by atoms with Gasteiger partial charge in [-0.25, -0.2) is 13.2 Å². The molecule has 0 saturated carbocycles. The van der Waals surface area contributed by atoms with Gasteiger partial charge in [-0.3, -0.25) is 0 Å². The fraction of sp³-hybridized carbons (Fsp3) is 0.417. The second-order valence-electron chi connectivity index (χ2n) is 4.30. The van der Waals surface area contributed by atoms with Gasteiger partial charge in [-0.2, -0.15) is 16.1 Å². The molecule has 0 aliphatic carbocycles. The Morgan fingerprint density at radius 1 is 1.32 bits per heavy atom. The maximum Gasteiger partial charge on any atom is 0.335 e. The van der Waals surface area contributed by atoms with Crippen LogP contribution in [0.25, 0.3) is 0 Å². The maximum absolute atomic E-state index is 12.4. The van der Waals surface area contributed by atoms with Crippen LogP contribution in [0.2, 0.25) is 0 Å². The molecule has 1 aliphatic heterocycles. The molecule has 0 radical (unpaired) electrons. The van der Waals surface area contributed by atoms with Crippen LogP contribution in [0.3, 0.4) is 0 Å². The van der Waals surface area contributed by atoms with Crippen LogP contribution in [-0.4, -0.2) is 48.4 Å². The highest BCUT2D eigenvalue weighted by molar-refractivity contribution is 7.99. The molecule has 1 N–H and O–H groups in total. The lowest BCUT2D eigenvalue weighted by Crippen LogP contribution is -2.37. The summed E-state index contributed by atoms with van der Waals surface area (Å²) >= 11 is 1.74. The quantitative estimate of drug-likeness (QED) is 0.914. The number of sulfonamides is 1. The number of aryl methyl sites for hydroxylation is 1. The van der Waals surface area contributed by atoms with Crippen LogP contribution in [0.15, 0.2) is 23.1 Å². The minimum Gasteiger partial charge on any atom is -0.478 e. The smallest absolute Gasteiger partial charge is 0.335 e. The normalized spacial score (nSPS) is 17.3. The summed E-state index contributed by atoms with van der Waals surface area (Å²) < 4.78 is 26.2. The highest BCUT2D eigenvalue weighted by atomic mass is 32.2. The molecule has 1 saturated heterocycles. The number of nitrogens with zero attached hydrogens (tertiary/aromatic N) is 1. The van der Waals surface area contributed by atoms with E-state index in [1.54, 1.807) is 18.7 Å². The fourth-order valence-corrected chi connectivity index (χ4v) is 4.63. The topological polar surface area (TPSA) is 74.7 Å². The zero-order valence-corrected chi connectivity index (χ0v) is 12.1. The summed E-state index contributed by atoms with van der Waals surface area (Å²) in [5.41, 5.74) is 0.591. The maximum atomic E-state index is 12.4. The molecule has 1 aromatic carbocycles. The molecular formula is C12H15NO4S2. The third kappa shape index (κ3) is 2.93. The number of carboxylic acids is 1. The van der Waals surface area contributed by atoms with E-state index in [2.05, 4.69) is 0 Å². The molecule has 0 amide bonds. The molecule has 1 aliphatic rings. The number of carboxylic acid groups (broad SMARTS) is 1. The van der Waals surface area contributed by atoms with Gasteiger partial charge in [0.15, 0.2) is 0 Å². The van der Waals surface area contributed by atoms with Gasteiger partial charge in [-0.1, -0.05) is 0 Å². The SMILES string of the molecule is Cc1cc(S(=O)(=O)N2CCSCC2)ccc1C(=O)O. The van der Waals surface area contributed by atoms with E-state index >= 15 is 0 Å². The number of benzene rings is 1. The first-order chi connectivity index (χ1) is 8.93. The Labute approximate surface area is 116 Å². The Kier molecular flexibility index (Phi) is 4.17. The van der Waals surface area contributed by atoms with Crippen LogP contribution in [-0.2, 0) is 10.0 Å². The van der Waals surface area contributed by atoms with E-state index in [1.807, 2.05) is 0 Å². The molecule has 2 rings (SSSR count). The van der Waals surface area contributed by atoms with Crippen LogP contribution in [0.4, 0.5) is 0 Å². The third-order valence-electron chi connectivity index (χ3n) is 3.04. The van der Waals surface area contributed by atoms with Gasteiger partial charge in [0.25, 0.3) is 0 Å². The van der Waals surface area contributed by atoms with E-state index in [-0.39, 0.29) is 10.5 Å². The fourth-order valence-electron chi connectivity index (χ4n) is 1.97. The molecule has 19 heavy (non-hydrogen) atoms. The summed E-state index contributed by atoms with van der Waals surface area (Å²) in [5, 5.41) is 8.95. The summed E-state index contributed by atoms with van der Waals surface area (Å²) in [6, 6.07) is 4.15. The molecular weight excluding hydrogens is 286 g/mol. The minimum atomic E-state index is -3.50. The predicted octanol–water partition coefficient (Wildman–Crippen LogP) is 1.43. The lowest BCUT2D eigenvalue weighted by atomic mass is 10.1. The standard InChI is InChI=1S/C12H15NO4S2/c1-9-8-10(2-3-11(9)12(14)15)19(16,17)13-4-6-18-7-5-13/h2-3,8H,4-7H2,1H3,(H,14,15). The van der Waals surface area contributed by atoms with Crippen molar-refractivity contribution in [2.24, 2.45) is 0 Å². The first-order valence-corrected chi connectivity index (χ1v) is 8.44. The number of hydrogen-bond acceptors (Lipinski definition) is 4. The monoisotopic (exact) mass is 301 g/mol. The number of hydrogen-bond donors (Lipinski definition) is 1. The van der Waals surface area contributed by atoms with Gasteiger partial charge in [-0.15, -0.1) is 0 Å². The van der Waals surface area contributed by atoms with Crippen molar-refractivity contribution in [1.29, 1.82) is 0 Å². The predicted molar refractivity (Wildman–Crippen MR) is 74.2 cm³/mol. The van der Waals surface area contributed by atoms with Crippen LogP contribution >= 0.6 is 11.8 Å². The number of aromatic carboxylic acids is 1. The first-order valence-electron chi connectivity index (χ1n) is 5.85. The number of carbonyl (C=O) groups is 1. The molecule has 0 aromatic heterocycles. The number of rotatable bonds is 3. The molecule has 1 heterocycles. The molecule has 1 fully saturated rings. The first kappa shape index (κ1) is 14.4. The molecule has 0 spiro atoms. The summed E-state index contributed by atoms with van der Waals surface area (Å²) in [6.07, 6.45) is 0. The van der Waals surface area contributed by atoms with Crippen molar-refractivity contribution in [2.75, 3.05) is 24.6 Å². The summed E-state index contributed by atoms with van der Waals surface area (Å²) in [7, 11) is -3.50. The Morgan fingerprint density at radius 3 is 2.47 bits per heavy atom. The zero-order chi connectivity index (χ0) is 14.0. The molecule has 0 bridgehead atoms. The van der Waals surface area contributed by atoms with Crippen molar-refractivity contribution in [2.45, 2.75) is 11.8 Å². The number of thioether (sulfide) groups is 1. The molecule has 5 nitrogen and oxygen atoms in total. The second kappa shape index (κ2) is 5.52. The van der Waals surface area contributed by atoms with E-state index in [0.29, 0.717) is 18.7 Å². The summed E-state index contributed by atoms with van der Waals surface area (Å²) in [6.45, 7) is 2.62. The van der Waals surface area contributed by atoms with Gasteiger partial charge < -0.3 is 5.11 Å². The van der Waals surface area contributed by atoms with Crippen LogP contribution < -0.4 is 0 Å². The van der Waals surface area contributed by atoms with Gasteiger partial charge in [0, 0.05) is 24.6 Å². The van der Waals surface area contributed by atoms with Crippen LogP contribution in [0.1, 0.15) is 15.9 Å². The van der Waals surface area contributed by atoms with Crippen molar-refractivity contribution in [3.63, 3.8) is 0 Å². The Bertz CT molecular complexity index is 592. The van der Waals surface area contributed by atoms with E-state index in [1.165, 1.54) is 22.5 Å². The lowest BCUT2D eigenvalue weighted by Gasteiger charge is -2.25. The van der Waals surface area contributed by atoms with E-state index in [0.717, 1.165) is 11.5 Å². The lowest BCUT2D eigenvalue weighted by molar-refractivity contribution is 0.0696. The van der Waals surface area contributed by atoms with Crippen molar-refractivity contribution < 1.29 is 18.3 Å². The molecule has 0 atom stereocenters. The highest BCUT2D eigenvalue weighted by Crippen LogP contribution is 2.22. The Morgan fingerprint density at radius 2 is 1.95 bits per heavy atom. The largest absolute Gasteiger partial charge is 0.478 e. The van der Waals surface area contributed by atoms with Gasteiger partial charge >= 0.3 is 5.97 Å². The van der Waals surface area contributed by atoms with Crippen LogP contribution in [0.5, 0.6) is 0 Å². The molecule has 7 heteroatoms. The minimum absolute atomic E-state index is 0.133. The summed E-state index contributed by atoms with van der Waals surface area (Å²) in [5.74, 6) is 0.549. The average molecular weight is 301 g/mol. The van der Waals surface area contributed by atoms with E-state index < -0.39 is 16.0 Å². The van der Waals surface area contributed by atoms with Crippen molar-refractivity contribution in [3.8, 4) is 0 Å². The van der Waals surface area contributed by atoms with E-state index in [4.69, 9.17) is 5.11 Å². The van der Waals surface area contributed by atoms with Crippen molar-refractivity contribution in [3.05, 3.63) is 29.3 Å². The zero-order valence-electron chi connectivity index (χ0n) is 10.5. The Balaban J connectivity index is 2.35. The Hall–Kier alpha value is -1.05. The molecule has 0 unspecified atom stereocenters. The average Bonchev–Trinajstić information content (AvgIpc) is 2.39.